The molecule has 0 fully saturated rings. The first kappa shape index (κ1) is 10.3. The fourth-order valence-corrected chi connectivity index (χ4v) is 1.64. The summed E-state index contributed by atoms with van der Waals surface area (Å²) in [6, 6.07) is 3.72. The molecule has 1 aromatic rings. The average molecular weight is 209 g/mol. The number of hydrogen-bond donors (Lipinski definition) is 1. The van der Waals surface area contributed by atoms with E-state index in [2.05, 4.69) is 10.9 Å². The summed E-state index contributed by atoms with van der Waals surface area (Å²) in [5.74, 6) is 2.74. The second kappa shape index (κ2) is 4.50. The molecule has 0 bridgehead atoms. The molecular formula is C14H11NO. The predicted octanol–water partition coefficient (Wildman–Crippen LogP) is 1.05. The van der Waals surface area contributed by atoms with Gasteiger partial charge >= 0.3 is 0 Å². The SMILES string of the molecule is C#C/C=c1/cccn/c1=C1/CC=CC=C1O. The van der Waals surface area contributed by atoms with Crippen LogP contribution in [0.1, 0.15) is 6.42 Å². The minimum Gasteiger partial charge on any atom is -0.508 e. The topological polar surface area (TPSA) is 33.1 Å². The molecule has 2 rings (SSSR count). The number of terminal acetylenes is 1. The molecule has 1 aliphatic rings. The monoisotopic (exact) mass is 209 g/mol. The molecule has 0 saturated heterocycles. The molecule has 0 saturated carbocycles. The molecule has 1 N–H and O–H groups in total. The van der Waals surface area contributed by atoms with Crippen LogP contribution >= 0.6 is 0 Å². The summed E-state index contributed by atoms with van der Waals surface area (Å²) in [5.41, 5.74) is 0.810. The molecule has 1 aliphatic carbocycles. The van der Waals surface area contributed by atoms with Gasteiger partial charge in [0.1, 0.15) is 5.76 Å². The van der Waals surface area contributed by atoms with E-state index in [9.17, 15) is 5.11 Å². The maximum absolute atomic E-state index is 9.78. The molecule has 1 heterocycles. The van der Waals surface area contributed by atoms with Crippen LogP contribution in [0.3, 0.4) is 0 Å². The zero-order chi connectivity index (χ0) is 11.4. The predicted molar refractivity (Wildman–Crippen MR) is 64.7 cm³/mol. The lowest BCUT2D eigenvalue weighted by Gasteiger charge is -2.06. The van der Waals surface area contributed by atoms with Crippen molar-refractivity contribution in [2.75, 3.05) is 0 Å². The first-order valence-corrected chi connectivity index (χ1v) is 4.99. The summed E-state index contributed by atoms with van der Waals surface area (Å²) >= 11 is 0. The van der Waals surface area contributed by atoms with E-state index < -0.39 is 0 Å². The van der Waals surface area contributed by atoms with Gasteiger partial charge < -0.3 is 5.11 Å². The van der Waals surface area contributed by atoms with Crippen molar-refractivity contribution in [2.45, 2.75) is 6.42 Å². The highest BCUT2D eigenvalue weighted by atomic mass is 16.3. The number of hydrogen-bond acceptors (Lipinski definition) is 2. The van der Waals surface area contributed by atoms with Crippen LogP contribution in [0.25, 0.3) is 11.6 Å². The maximum atomic E-state index is 9.78. The fourth-order valence-electron chi connectivity index (χ4n) is 1.64. The molecule has 78 valence electrons. The second-order valence-electron chi connectivity index (χ2n) is 3.41. The molecule has 2 nitrogen and oxygen atoms in total. The smallest absolute Gasteiger partial charge is 0.121 e. The van der Waals surface area contributed by atoms with E-state index in [4.69, 9.17) is 6.42 Å². The van der Waals surface area contributed by atoms with Crippen LogP contribution in [0.15, 0.2) is 42.3 Å². The lowest BCUT2D eigenvalue weighted by atomic mass is 10.0. The fraction of sp³-hybridized carbons (Fsp3) is 0.0714. The number of aromatic nitrogens is 1. The third-order valence-electron chi connectivity index (χ3n) is 2.38. The van der Waals surface area contributed by atoms with Gasteiger partial charge in [0.15, 0.2) is 0 Å². The molecule has 16 heavy (non-hydrogen) atoms. The van der Waals surface area contributed by atoms with Crippen LogP contribution in [-0.4, -0.2) is 10.1 Å². The summed E-state index contributed by atoms with van der Waals surface area (Å²) in [6.07, 6.45) is 14.7. The lowest BCUT2D eigenvalue weighted by Crippen LogP contribution is -2.30. The summed E-state index contributed by atoms with van der Waals surface area (Å²) in [7, 11) is 0. The Morgan fingerprint density at radius 1 is 1.50 bits per heavy atom. The summed E-state index contributed by atoms with van der Waals surface area (Å²) in [5, 5.41) is 11.4. The zero-order valence-corrected chi connectivity index (χ0v) is 8.72. The van der Waals surface area contributed by atoms with Crippen LogP contribution in [0.2, 0.25) is 0 Å². The highest BCUT2D eigenvalue weighted by Gasteiger charge is 2.06. The van der Waals surface area contributed by atoms with Crippen LogP contribution in [-0.2, 0) is 0 Å². The van der Waals surface area contributed by atoms with Crippen LogP contribution in [0, 0.1) is 12.3 Å². The van der Waals surface area contributed by atoms with Gasteiger partial charge in [-0.25, -0.2) is 0 Å². The van der Waals surface area contributed by atoms with E-state index in [1.165, 1.54) is 0 Å². The molecular weight excluding hydrogens is 198 g/mol. The molecule has 0 spiro atoms. The van der Waals surface area contributed by atoms with E-state index in [0.29, 0.717) is 6.42 Å². The van der Waals surface area contributed by atoms with E-state index in [1.54, 1.807) is 18.3 Å². The van der Waals surface area contributed by atoms with Gasteiger partial charge in [-0.05, 0) is 24.6 Å². The van der Waals surface area contributed by atoms with Gasteiger partial charge in [0, 0.05) is 17.0 Å². The summed E-state index contributed by atoms with van der Waals surface area (Å²) in [6.45, 7) is 0. The van der Waals surface area contributed by atoms with Crippen molar-refractivity contribution >= 4 is 11.6 Å². The van der Waals surface area contributed by atoms with Crippen molar-refractivity contribution in [3.63, 3.8) is 0 Å². The first-order valence-electron chi connectivity index (χ1n) is 4.99. The number of nitrogens with zero attached hydrogens (tertiary/aromatic N) is 1. The highest BCUT2D eigenvalue weighted by molar-refractivity contribution is 5.64. The third kappa shape index (κ3) is 1.89. The van der Waals surface area contributed by atoms with Gasteiger partial charge in [0.05, 0.1) is 5.35 Å². The Bertz CT molecular complexity index is 615. The van der Waals surface area contributed by atoms with Crippen molar-refractivity contribution in [2.24, 2.45) is 0 Å². The Morgan fingerprint density at radius 3 is 3.12 bits per heavy atom. The highest BCUT2D eigenvalue weighted by Crippen LogP contribution is 2.15. The number of rotatable bonds is 0. The Kier molecular flexibility index (Phi) is 2.88. The van der Waals surface area contributed by atoms with Gasteiger partial charge in [-0.3, -0.25) is 4.98 Å². The van der Waals surface area contributed by atoms with Crippen molar-refractivity contribution in [3.05, 3.63) is 52.9 Å². The molecule has 0 atom stereocenters. The molecule has 0 aromatic carbocycles. The Hall–Kier alpha value is -2.27. The van der Waals surface area contributed by atoms with Crippen LogP contribution < -0.4 is 10.6 Å². The van der Waals surface area contributed by atoms with E-state index in [-0.39, 0.29) is 5.76 Å². The normalized spacial score (nSPS) is 19.2. The largest absolute Gasteiger partial charge is 0.508 e. The van der Waals surface area contributed by atoms with Gasteiger partial charge in [0.2, 0.25) is 0 Å². The molecule has 1 aromatic heterocycles. The Labute approximate surface area is 94.0 Å². The Morgan fingerprint density at radius 2 is 2.38 bits per heavy atom. The van der Waals surface area contributed by atoms with E-state index >= 15 is 0 Å². The molecule has 2 heteroatoms. The molecule has 0 unspecified atom stereocenters. The second-order valence-corrected chi connectivity index (χ2v) is 3.41. The first-order chi connectivity index (χ1) is 7.83. The Balaban J connectivity index is 2.79. The number of aliphatic hydroxyl groups excluding tert-OH is 1. The minimum absolute atomic E-state index is 0.257. The maximum Gasteiger partial charge on any atom is 0.121 e. The van der Waals surface area contributed by atoms with Crippen molar-refractivity contribution in [3.8, 4) is 12.3 Å². The van der Waals surface area contributed by atoms with Crippen molar-refractivity contribution in [1.29, 1.82) is 0 Å². The number of pyridine rings is 1. The van der Waals surface area contributed by atoms with Gasteiger partial charge in [0.25, 0.3) is 0 Å². The van der Waals surface area contributed by atoms with Crippen molar-refractivity contribution in [1.82, 2.24) is 4.98 Å². The quantitative estimate of drug-likeness (QED) is 0.648. The summed E-state index contributed by atoms with van der Waals surface area (Å²) < 4.78 is 0. The average Bonchev–Trinajstić information content (AvgIpc) is 2.31. The van der Waals surface area contributed by atoms with Crippen molar-refractivity contribution < 1.29 is 5.11 Å². The minimum atomic E-state index is 0.257. The van der Waals surface area contributed by atoms with Gasteiger partial charge in [-0.2, -0.15) is 0 Å². The lowest BCUT2D eigenvalue weighted by molar-refractivity contribution is 0.433. The molecule has 0 aliphatic heterocycles. The van der Waals surface area contributed by atoms with Gasteiger partial charge in [-0.1, -0.05) is 24.1 Å². The molecule has 0 amide bonds. The van der Waals surface area contributed by atoms with Crippen LogP contribution in [0.4, 0.5) is 0 Å². The zero-order valence-electron chi connectivity index (χ0n) is 8.72. The number of aliphatic hydroxyl groups is 1. The van der Waals surface area contributed by atoms with E-state index in [1.807, 2.05) is 24.3 Å². The molecule has 0 radical (unpaired) electrons. The van der Waals surface area contributed by atoms with E-state index in [0.717, 1.165) is 16.1 Å². The number of allylic oxidation sites excluding steroid dienone is 4. The summed E-state index contributed by atoms with van der Waals surface area (Å²) in [4.78, 5) is 4.27. The van der Waals surface area contributed by atoms with Gasteiger partial charge in [-0.15, -0.1) is 6.42 Å². The third-order valence-corrected chi connectivity index (χ3v) is 2.38. The van der Waals surface area contributed by atoms with Crippen LogP contribution in [0.5, 0.6) is 0 Å². The standard InChI is InChI=1S/C14H11NO/c1-2-6-11-7-5-10-15-14(11)12-8-3-4-9-13(12)16/h1,3-7,9-10,16H,8H2/b11-6-,14-12-.